The Bertz CT molecular complexity index is 1150. The van der Waals surface area contributed by atoms with Crippen LogP contribution in [0.1, 0.15) is 6.23 Å². The number of nitrogens with zero attached hydrogens (tertiary/aromatic N) is 1. The minimum absolute atomic E-state index is 0. The number of hydrogen-bond acceptors (Lipinski definition) is 17. The maximum atomic E-state index is 12.1. The summed E-state index contributed by atoms with van der Waals surface area (Å²) in [7, 11) is -10.6. The van der Waals surface area contributed by atoms with E-state index in [-0.39, 0.29) is 59.1 Å². The Hall–Kier alpha value is 0.620. The van der Waals surface area contributed by atoms with Crippen molar-refractivity contribution in [2.45, 2.75) is 55.2 Å². The van der Waals surface area contributed by atoms with Crippen molar-refractivity contribution in [1.29, 1.82) is 0 Å². The van der Waals surface area contributed by atoms with Crippen LogP contribution in [0.2, 0.25) is 0 Å². The summed E-state index contributed by atoms with van der Waals surface area (Å²) in [6.45, 7) is -1.94. The Morgan fingerprint density at radius 1 is 1.00 bits per heavy atom. The predicted octanol–water partition coefficient (Wildman–Crippen LogP) is -11.4. The summed E-state index contributed by atoms with van der Waals surface area (Å²) >= 11 is 0. The molecule has 7 unspecified atom stereocenters. The van der Waals surface area contributed by atoms with Crippen LogP contribution in [-0.4, -0.2) is 104 Å². The van der Waals surface area contributed by atoms with Gasteiger partial charge in [-0.15, -0.1) is 0 Å². The van der Waals surface area contributed by atoms with E-state index < -0.39 is 95.4 Å². The van der Waals surface area contributed by atoms with Gasteiger partial charge in [0.2, 0.25) is 0 Å². The molecule has 3 heterocycles. The first-order chi connectivity index (χ1) is 17.2. The van der Waals surface area contributed by atoms with Crippen LogP contribution in [-0.2, 0) is 36.7 Å². The molecule has 1 aromatic heterocycles. The molecule has 0 aliphatic carbocycles. The monoisotopic (exact) mass is 624 g/mol. The van der Waals surface area contributed by atoms with Gasteiger partial charge in [-0.25, -0.2) is 9.11 Å². The number of phosphoric acid groups is 2. The van der Waals surface area contributed by atoms with Gasteiger partial charge in [0.25, 0.3) is 21.2 Å². The van der Waals surface area contributed by atoms with E-state index in [4.69, 9.17) is 14.2 Å². The second kappa shape index (κ2) is 15.4. The van der Waals surface area contributed by atoms with Gasteiger partial charge < -0.3 is 54.1 Å². The van der Waals surface area contributed by atoms with Crippen LogP contribution >= 0.6 is 15.6 Å². The maximum Gasteiger partial charge on any atom is 1.00 e. The van der Waals surface area contributed by atoms with Gasteiger partial charge in [0.15, 0.2) is 12.5 Å². The van der Waals surface area contributed by atoms with Crippen molar-refractivity contribution in [1.82, 2.24) is 9.55 Å². The van der Waals surface area contributed by atoms with Gasteiger partial charge in [-0.2, -0.15) is 0 Å². The fourth-order valence-electron chi connectivity index (χ4n) is 3.60. The summed E-state index contributed by atoms with van der Waals surface area (Å²) in [5.41, 5.74) is -1.76. The molecular formula is C16H24N2Na2O17P2. The summed E-state index contributed by atoms with van der Waals surface area (Å²) < 4.78 is 52.6. The second-order valence-corrected chi connectivity index (χ2v) is 10.8. The van der Waals surface area contributed by atoms with Crippen LogP contribution in [0.15, 0.2) is 21.9 Å². The van der Waals surface area contributed by atoms with Crippen molar-refractivity contribution < 1.29 is 131 Å². The van der Waals surface area contributed by atoms with Gasteiger partial charge in [0.05, 0.1) is 13.2 Å². The van der Waals surface area contributed by atoms with E-state index in [0.717, 1.165) is 19.4 Å². The normalized spacial score (nSPS) is 35.7. The van der Waals surface area contributed by atoms with Crippen molar-refractivity contribution in [2.24, 2.45) is 0 Å². The average Bonchev–Trinajstić information content (AvgIpc) is 3.07. The first-order valence-electron chi connectivity index (χ1n) is 10.3. The number of nitrogens with one attached hydrogen (secondary N) is 1. The third kappa shape index (κ3) is 9.30. The van der Waals surface area contributed by atoms with E-state index in [2.05, 4.69) is 13.4 Å². The van der Waals surface area contributed by atoms with Gasteiger partial charge >= 0.3 is 64.8 Å². The fourth-order valence-corrected chi connectivity index (χ4v) is 5.68. The van der Waals surface area contributed by atoms with E-state index in [0.29, 0.717) is 4.57 Å². The van der Waals surface area contributed by atoms with Crippen molar-refractivity contribution in [2.75, 3.05) is 20.3 Å². The van der Waals surface area contributed by atoms with Crippen molar-refractivity contribution in [3.63, 3.8) is 0 Å². The Balaban J connectivity index is 0.00000380. The van der Waals surface area contributed by atoms with Crippen molar-refractivity contribution >= 4 is 15.6 Å². The SMILES string of the molecule is COC1C(O)C(CO)OC(OP(=O)([O-])OP(=O)([O-])OC[C@H]2O[C@@H](n3ccc(=O)[nH]c3=O)[C@H](O)[C@@H]2O)C1O.[Na+].[Na+]. The van der Waals surface area contributed by atoms with E-state index in [9.17, 15) is 54.0 Å². The molecule has 0 amide bonds. The number of methoxy groups -OCH3 is 1. The molecule has 2 aliphatic rings. The molecule has 3 rings (SSSR count). The quantitative estimate of drug-likeness (QED) is 0.104. The standard InChI is InChI=1S/C16H26N2O17P2.2Na/c1-30-13-10(22)6(4-19)33-15(12(13)24)34-37(28,29)35-36(26,27)31-5-7-9(21)11(23)14(32-7)18-3-2-8(20)17-16(18)25;;/h2-3,6-7,9-15,19,21-24H,4-5H2,1H3,(H,26,27)(H,28,29)(H,17,20,25);;/q;2*+1/p-2/t6?,7-,9-,10?,11-,12?,13?,14-,15?;;/m1../s1. The first-order valence-corrected chi connectivity index (χ1v) is 13.3. The van der Waals surface area contributed by atoms with Crippen molar-refractivity contribution in [3.8, 4) is 0 Å². The van der Waals surface area contributed by atoms with Gasteiger partial charge in [0, 0.05) is 19.4 Å². The molecule has 2 fully saturated rings. The molecular weight excluding hydrogens is 600 g/mol. The van der Waals surface area contributed by atoms with Crippen LogP contribution < -0.4 is 80.2 Å². The first kappa shape index (κ1) is 37.6. The Labute approximate surface area is 263 Å². The molecule has 0 saturated carbocycles. The molecule has 23 heteroatoms. The number of aliphatic hydroxyl groups is 5. The molecule has 39 heavy (non-hydrogen) atoms. The number of hydrogen-bond donors (Lipinski definition) is 6. The van der Waals surface area contributed by atoms with Crippen LogP contribution in [0, 0.1) is 0 Å². The van der Waals surface area contributed by atoms with E-state index in [1.54, 1.807) is 0 Å². The number of aromatic nitrogens is 2. The minimum atomic E-state index is -5.86. The zero-order chi connectivity index (χ0) is 27.7. The molecule has 1 aromatic rings. The molecule has 6 N–H and O–H groups in total. The Kier molecular flexibility index (Phi) is 14.8. The topological polar surface area (TPSA) is 292 Å². The molecule has 2 aliphatic heterocycles. The average molecular weight is 624 g/mol. The molecule has 0 spiro atoms. The van der Waals surface area contributed by atoms with Crippen LogP contribution in [0.4, 0.5) is 0 Å². The molecule has 212 valence electrons. The smallest absolute Gasteiger partial charge is 0.756 e. The molecule has 0 bridgehead atoms. The number of phosphoric ester groups is 2. The third-order valence-corrected chi connectivity index (χ3v) is 7.92. The third-order valence-electron chi connectivity index (χ3n) is 5.39. The van der Waals surface area contributed by atoms with Gasteiger partial charge in [-0.3, -0.25) is 28.0 Å². The zero-order valence-electron chi connectivity index (χ0n) is 20.7. The van der Waals surface area contributed by atoms with Crippen LogP contribution in [0.5, 0.6) is 0 Å². The van der Waals surface area contributed by atoms with Gasteiger partial charge in [0.1, 0.15) is 42.7 Å². The van der Waals surface area contributed by atoms with Crippen molar-refractivity contribution in [3.05, 3.63) is 33.1 Å². The number of aromatic amines is 1. The van der Waals surface area contributed by atoms with E-state index >= 15 is 0 Å². The van der Waals surface area contributed by atoms with E-state index in [1.165, 1.54) is 0 Å². The number of aliphatic hydroxyl groups excluding tert-OH is 5. The number of ether oxygens (including phenoxy) is 3. The molecule has 2 saturated heterocycles. The summed E-state index contributed by atoms with van der Waals surface area (Å²) in [5, 5.41) is 49.5. The number of H-pyrrole nitrogens is 1. The van der Waals surface area contributed by atoms with E-state index in [1.807, 2.05) is 4.98 Å². The maximum absolute atomic E-state index is 12.1. The number of rotatable bonds is 10. The summed E-state index contributed by atoms with van der Waals surface area (Å²) in [5.74, 6) is 0. The van der Waals surface area contributed by atoms with Gasteiger partial charge in [-0.1, -0.05) is 0 Å². The zero-order valence-corrected chi connectivity index (χ0v) is 26.5. The minimum Gasteiger partial charge on any atom is -0.756 e. The largest absolute Gasteiger partial charge is 1.00 e. The second-order valence-electron chi connectivity index (χ2n) is 7.85. The molecule has 0 aromatic carbocycles. The summed E-state index contributed by atoms with van der Waals surface area (Å²) in [6, 6.07) is 0.921. The molecule has 11 atom stereocenters. The Morgan fingerprint density at radius 3 is 2.21 bits per heavy atom. The fraction of sp³-hybridized carbons (Fsp3) is 0.750. The predicted molar refractivity (Wildman–Crippen MR) is 109 cm³/mol. The van der Waals surface area contributed by atoms with Crippen LogP contribution in [0.25, 0.3) is 0 Å². The summed E-state index contributed by atoms with van der Waals surface area (Å²) in [6.07, 6.45) is -14.5. The Morgan fingerprint density at radius 2 is 1.64 bits per heavy atom. The van der Waals surface area contributed by atoms with Crippen LogP contribution in [0.3, 0.4) is 0 Å². The molecule has 0 radical (unpaired) electrons. The summed E-state index contributed by atoms with van der Waals surface area (Å²) in [4.78, 5) is 49.2. The van der Waals surface area contributed by atoms with Gasteiger partial charge in [-0.05, 0) is 0 Å². The molecule has 19 nitrogen and oxygen atoms in total.